The van der Waals surface area contributed by atoms with Crippen molar-refractivity contribution in [2.45, 2.75) is 39.2 Å². The minimum absolute atomic E-state index is 0.444. The zero-order valence-electron chi connectivity index (χ0n) is 10.4. The maximum Gasteiger partial charge on any atom is 0.0843 e. The molecule has 17 heavy (non-hydrogen) atoms. The second-order valence-corrected chi connectivity index (χ2v) is 7.53. The van der Waals surface area contributed by atoms with Crippen LogP contribution in [-0.2, 0) is 0 Å². The molecular weight excluding hydrogens is 362 g/mol. The van der Waals surface area contributed by atoms with Crippen LogP contribution in [0.5, 0.6) is 0 Å². The lowest BCUT2D eigenvalue weighted by Gasteiger charge is -2.17. The van der Waals surface area contributed by atoms with Crippen LogP contribution in [0.15, 0.2) is 26.5 Å². The van der Waals surface area contributed by atoms with E-state index in [0.717, 1.165) is 30.3 Å². The van der Waals surface area contributed by atoms with Crippen LogP contribution >= 0.6 is 43.2 Å². The van der Waals surface area contributed by atoms with Gasteiger partial charge in [0.15, 0.2) is 0 Å². The van der Waals surface area contributed by atoms with Crippen LogP contribution in [0.25, 0.3) is 0 Å². The number of halogens is 2. The smallest absolute Gasteiger partial charge is 0.0843 e. The highest BCUT2D eigenvalue weighted by Gasteiger charge is 2.14. The Labute approximate surface area is 125 Å². The lowest BCUT2D eigenvalue weighted by molar-refractivity contribution is 0.505. The summed E-state index contributed by atoms with van der Waals surface area (Å²) in [5.74, 6) is 0. The van der Waals surface area contributed by atoms with Gasteiger partial charge in [-0.15, -0.1) is 17.9 Å². The third kappa shape index (κ3) is 5.25. The molecule has 96 valence electrons. The van der Waals surface area contributed by atoms with Gasteiger partial charge in [0.25, 0.3) is 0 Å². The Kier molecular flexibility index (Phi) is 7.00. The minimum atomic E-state index is 0.444. The van der Waals surface area contributed by atoms with E-state index < -0.39 is 0 Å². The van der Waals surface area contributed by atoms with E-state index in [2.05, 4.69) is 63.7 Å². The van der Waals surface area contributed by atoms with Crippen LogP contribution in [-0.4, -0.2) is 6.54 Å². The van der Waals surface area contributed by atoms with Gasteiger partial charge in [0.2, 0.25) is 0 Å². The molecule has 1 aromatic heterocycles. The van der Waals surface area contributed by atoms with Gasteiger partial charge in [-0.2, -0.15) is 0 Å². The third-order valence-electron chi connectivity index (χ3n) is 2.51. The first kappa shape index (κ1) is 15.4. The summed E-state index contributed by atoms with van der Waals surface area (Å²) in [6.45, 7) is 9.34. The van der Waals surface area contributed by atoms with E-state index >= 15 is 0 Å². The highest BCUT2D eigenvalue weighted by Crippen LogP contribution is 2.37. The standard InChI is InChI=1S/C13H19Br2NS/c1-4-7-16-11(6-5-9(2)3)12-8-10(14)13(15)17-12/h8,11,16H,2,4-7H2,1,3H3. The summed E-state index contributed by atoms with van der Waals surface area (Å²) in [7, 11) is 0. The van der Waals surface area contributed by atoms with Crippen LogP contribution in [0, 0.1) is 0 Å². The molecule has 1 rings (SSSR count). The molecule has 0 amide bonds. The Bertz CT molecular complexity index is 354. The van der Waals surface area contributed by atoms with Crippen LogP contribution in [0.2, 0.25) is 0 Å². The molecule has 0 aliphatic rings. The van der Waals surface area contributed by atoms with Crippen molar-refractivity contribution in [1.29, 1.82) is 0 Å². The Morgan fingerprint density at radius 3 is 2.71 bits per heavy atom. The first-order valence-corrected chi connectivity index (χ1v) is 8.27. The monoisotopic (exact) mass is 379 g/mol. The topological polar surface area (TPSA) is 12.0 Å². The SMILES string of the molecule is C=C(C)CCC(NCCC)c1cc(Br)c(Br)s1. The van der Waals surface area contributed by atoms with Crippen molar-refractivity contribution < 1.29 is 0 Å². The highest BCUT2D eigenvalue weighted by atomic mass is 79.9. The number of rotatable bonds is 7. The summed E-state index contributed by atoms with van der Waals surface area (Å²) >= 11 is 8.91. The number of thiophene rings is 1. The van der Waals surface area contributed by atoms with Gasteiger partial charge in [-0.3, -0.25) is 0 Å². The molecule has 0 bridgehead atoms. The lowest BCUT2D eigenvalue weighted by Crippen LogP contribution is -2.21. The molecule has 0 aliphatic carbocycles. The number of hydrogen-bond donors (Lipinski definition) is 1. The number of allylic oxidation sites excluding steroid dienone is 1. The molecule has 0 aromatic carbocycles. The van der Waals surface area contributed by atoms with E-state index in [1.165, 1.54) is 14.2 Å². The molecule has 0 saturated heterocycles. The van der Waals surface area contributed by atoms with Crippen molar-refractivity contribution in [2.24, 2.45) is 0 Å². The summed E-state index contributed by atoms with van der Waals surface area (Å²) in [5, 5.41) is 3.61. The maximum atomic E-state index is 3.98. The fourth-order valence-electron chi connectivity index (χ4n) is 1.59. The second kappa shape index (κ2) is 7.72. The average Bonchev–Trinajstić information content (AvgIpc) is 2.59. The zero-order valence-corrected chi connectivity index (χ0v) is 14.3. The summed E-state index contributed by atoms with van der Waals surface area (Å²) in [6.07, 6.45) is 3.36. The molecular formula is C13H19Br2NS. The van der Waals surface area contributed by atoms with E-state index in [-0.39, 0.29) is 0 Å². The van der Waals surface area contributed by atoms with Crippen molar-refractivity contribution in [1.82, 2.24) is 5.32 Å². The van der Waals surface area contributed by atoms with E-state index in [4.69, 9.17) is 0 Å². The molecule has 1 aromatic rings. The minimum Gasteiger partial charge on any atom is -0.309 e. The molecule has 0 saturated carbocycles. The quantitative estimate of drug-likeness (QED) is 0.600. The van der Waals surface area contributed by atoms with Crippen molar-refractivity contribution >= 4 is 43.2 Å². The van der Waals surface area contributed by atoms with Crippen LogP contribution < -0.4 is 5.32 Å². The van der Waals surface area contributed by atoms with Crippen molar-refractivity contribution in [2.75, 3.05) is 6.54 Å². The average molecular weight is 381 g/mol. The second-order valence-electron chi connectivity index (χ2n) is 4.27. The first-order chi connectivity index (χ1) is 8.04. The Morgan fingerprint density at radius 1 is 1.53 bits per heavy atom. The summed E-state index contributed by atoms with van der Waals surface area (Å²) in [4.78, 5) is 1.39. The van der Waals surface area contributed by atoms with Gasteiger partial charge < -0.3 is 5.32 Å². The Morgan fingerprint density at radius 2 is 2.24 bits per heavy atom. The molecule has 0 aliphatic heterocycles. The van der Waals surface area contributed by atoms with E-state index in [9.17, 15) is 0 Å². The lowest BCUT2D eigenvalue weighted by atomic mass is 10.1. The van der Waals surface area contributed by atoms with Gasteiger partial charge in [-0.1, -0.05) is 12.5 Å². The van der Waals surface area contributed by atoms with E-state index in [0.29, 0.717) is 6.04 Å². The van der Waals surface area contributed by atoms with Gasteiger partial charge in [0.1, 0.15) is 0 Å². The van der Waals surface area contributed by atoms with Crippen LogP contribution in [0.4, 0.5) is 0 Å². The molecule has 1 unspecified atom stereocenters. The molecule has 0 spiro atoms. The molecule has 1 N–H and O–H groups in total. The molecule has 4 heteroatoms. The fourth-order valence-corrected chi connectivity index (χ4v) is 3.79. The molecule has 1 nitrogen and oxygen atoms in total. The first-order valence-electron chi connectivity index (χ1n) is 5.87. The summed E-state index contributed by atoms with van der Waals surface area (Å²) in [6, 6.07) is 2.65. The summed E-state index contributed by atoms with van der Waals surface area (Å²) < 4.78 is 2.32. The maximum absolute atomic E-state index is 3.98. The highest BCUT2D eigenvalue weighted by molar-refractivity contribution is 9.13. The molecule has 0 fully saturated rings. The largest absolute Gasteiger partial charge is 0.309 e. The normalized spacial score (nSPS) is 12.7. The van der Waals surface area contributed by atoms with Gasteiger partial charge >= 0.3 is 0 Å². The Hall–Kier alpha value is 0.360. The summed E-state index contributed by atoms with van der Waals surface area (Å²) in [5.41, 5.74) is 1.25. The zero-order chi connectivity index (χ0) is 12.8. The van der Waals surface area contributed by atoms with Crippen molar-refractivity contribution in [3.8, 4) is 0 Å². The molecule has 1 heterocycles. The third-order valence-corrected chi connectivity index (χ3v) is 5.88. The van der Waals surface area contributed by atoms with Gasteiger partial charge in [0.05, 0.1) is 3.79 Å². The van der Waals surface area contributed by atoms with Gasteiger partial charge in [-0.05, 0) is 70.7 Å². The van der Waals surface area contributed by atoms with Crippen molar-refractivity contribution in [3.05, 3.63) is 31.4 Å². The van der Waals surface area contributed by atoms with Crippen LogP contribution in [0.3, 0.4) is 0 Å². The van der Waals surface area contributed by atoms with E-state index in [1.54, 1.807) is 11.3 Å². The number of nitrogens with one attached hydrogen (secondary N) is 1. The van der Waals surface area contributed by atoms with Gasteiger partial charge in [-0.25, -0.2) is 0 Å². The predicted octanol–water partition coefficient (Wildman–Crippen LogP) is 5.67. The number of hydrogen-bond acceptors (Lipinski definition) is 2. The predicted molar refractivity (Wildman–Crippen MR) is 84.8 cm³/mol. The van der Waals surface area contributed by atoms with Crippen molar-refractivity contribution in [3.63, 3.8) is 0 Å². The van der Waals surface area contributed by atoms with E-state index in [1.807, 2.05) is 0 Å². The Balaban J connectivity index is 2.70. The fraction of sp³-hybridized carbons (Fsp3) is 0.538. The van der Waals surface area contributed by atoms with Crippen LogP contribution in [0.1, 0.15) is 44.0 Å². The molecule has 1 atom stereocenters. The molecule has 0 radical (unpaired) electrons. The van der Waals surface area contributed by atoms with Gasteiger partial charge in [0, 0.05) is 15.4 Å².